The van der Waals surface area contributed by atoms with Crippen molar-refractivity contribution < 1.29 is 8.42 Å². The number of rotatable bonds is 4. The van der Waals surface area contributed by atoms with Crippen LogP contribution in [0.2, 0.25) is 0 Å². The van der Waals surface area contributed by atoms with Crippen LogP contribution in [0.25, 0.3) is 21.3 Å². The van der Waals surface area contributed by atoms with Crippen molar-refractivity contribution in [3.05, 3.63) is 42.5 Å². The van der Waals surface area contributed by atoms with Crippen LogP contribution >= 0.6 is 11.3 Å². The van der Waals surface area contributed by atoms with Gasteiger partial charge >= 0.3 is 0 Å². The number of nitrogens with one attached hydrogen (secondary N) is 1. The highest BCUT2D eigenvalue weighted by Gasteiger charge is 2.13. The van der Waals surface area contributed by atoms with Crippen LogP contribution in [0.5, 0.6) is 0 Å². The van der Waals surface area contributed by atoms with Crippen LogP contribution in [0.4, 0.5) is 5.13 Å². The zero-order valence-corrected chi connectivity index (χ0v) is 13.5. The summed E-state index contributed by atoms with van der Waals surface area (Å²) in [7, 11) is -3.46. The summed E-state index contributed by atoms with van der Waals surface area (Å²) in [6.07, 6.45) is 0. The van der Waals surface area contributed by atoms with Crippen LogP contribution in [0, 0.1) is 0 Å². The lowest BCUT2D eigenvalue weighted by Gasteiger charge is -2.07. The van der Waals surface area contributed by atoms with E-state index in [1.165, 1.54) is 11.3 Å². The molecule has 0 unspecified atom stereocenters. The van der Waals surface area contributed by atoms with Gasteiger partial charge in [-0.05, 0) is 35.4 Å². The Morgan fingerprint density at radius 2 is 1.95 bits per heavy atom. The van der Waals surface area contributed by atoms with Crippen molar-refractivity contribution in [2.75, 3.05) is 12.3 Å². The quantitative estimate of drug-likeness (QED) is 0.769. The minimum Gasteiger partial charge on any atom is -0.375 e. The van der Waals surface area contributed by atoms with E-state index in [1.807, 2.05) is 24.3 Å². The smallest absolute Gasteiger partial charge is 0.240 e. The van der Waals surface area contributed by atoms with Crippen LogP contribution in [-0.2, 0) is 10.0 Å². The molecule has 0 bridgehead atoms. The summed E-state index contributed by atoms with van der Waals surface area (Å²) in [5.41, 5.74) is 8.34. The molecule has 1 heterocycles. The molecule has 0 saturated heterocycles. The van der Waals surface area contributed by atoms with Gasteiger partial charge in [-0.3, -0.25) is 0 Å². The minimum absolute atomic E-state index is 0.260. The second kappa shape index (κ2) is 5.68. The first-order valence-electron chi connectivity index (χ1n) is 6.76. The Morgan fingerprint density at radius 1 is 1.18 bits per heavy atom. The average Bonchev–Trinajstić information content (AvgIpc) is 2.86. The fourth-order valence-electron chi connectivity index (χ4n) is 2.24. The minimum atomic E-state index is -3.46. The molecule has 5 nitrogen and oxygen atoms in total. The predicted octanol–water partition coefficient (Wildman–Crippen LogP) is 2.84. The fourth-order valence-corrected chi connectivity index (χ4v) is 4.10. The molecule has 3 aromatic rings. The zero-order valence-electron chi connectivity index (χ0n) is 11.9. The van der Waals surface area contributed by atoms with Gasteiger partial charge in [0, 0.05) is 6.54 Å². The van der Waals surface area contributed by atoms with Gasteiger partial charge in [-0.1, -0.05) is 36.5 Å². The number of nitrogens with two attached hydrogens (primary N) is 1. The summed E-state index contributed by atoms with van der Waals surface area (Å²) in [5, 5.41) is 0.524. The second-order valence-corrected chi connectivity index (χ2v) is 7.59. The van der Waals surface area contributed by atoms with Crippen molar-refractivity contribution in [3.8, 4) is 11.1 Å². The van der Waals surface area contributed by atoms with Crippen LogP contribution in [0.3, 0.4) is 0 Å². The molecule has 0 saturated carbocycles. The third-order valence-electron chi connectivity index (χ3n) is 3.22. The molecule has 114 valence electrons. The standard InChI is InChI=1S/C15H15N3O2S2/c1-2-17-22(19,20)12-5-3-4-10(8-12)11-6-7-13-14(9-11)21-15(16)18-13/h3-9,17H,2H2,1H3,(H2,16,18). The largest absolute Gasteiger partial charge is 0.375 e. The number of nitrogens with zero attached hydrogens (tertiary/aromatic N) is 1. The monoisotopic (exact) mass is 333 g/mol. The maximum atomic E-state index is 12.1. The molecular weight excluding hydrogens is 318 g/mol. The van der Waals surface area contributed by atoms with Gasteiger partial charge < -0.3 is 5.73 Å². The van der Waals surface area contributed by atoms with Crippen molar-refractivity contribution in [1.82, 2.24) is 9.71 Å². The number of aromatic nitrogens is 1. The van der Waals surface area contributed by atoms with E-state index < -0.39 is 10.0 Å². The highest BCUT2D eigenvalue weighted by Crippen LogP contribution is 2.30. The maximum absolute atomic E-state index is 12.1. The Labute approximate surface area is 132 Å². The predicted molar refractivity (Wildman–Crippen MR) is 90.3 cm³/mol. The van der Waals surface area contributed by atoms with Gasteiger partial charge in [-0.2, -0.15) is 0 Å². The molecule has 0 radical (unpaired) electrons. The van der Waals surface area contributed by atoms with E-state index in [2.05, 4.69) is 9.71 Å². The summed E-state index contributed by atoms with van der Waals surface area (Å²) in [4.78, 5) is 4.48. The van der Waals surface area contributed by atoms with Crippen LogP contribution in [-0.4, -0.2) is 19.9 Å². The Morgan fingerprint density at radius 3 is 2.73 bits per heavy atom. The highest BCUT2D eigenvalue weighted by molar-refractivity contribution is 7.89. The third kappa shape index (κ3) is 2.83. The average molecular weight is 333 g/mol. The lowest BCUT2D eigenvalue weighted by atomic mass is 10.1. The molecule has 0 fully saturated rings. The Bertz CT molecular complexity index is 933. The molecule has 2 aromatic carbocycles. The summed E-state index contributed by atoms with van der Waals surface area (Å²) in [6, 6.07) is 12.7. The van der Waals surface area contributed by atoms with Crippen molar-refractivity contribution in [3.63, 3.8) is 0 Å². The lowest BCUT2D eigenvalue weighted by molar-refractivity contribution is 0.584. The lowest BCUT2D eigenvalue weighted by Crippen LogP contribution is -2.23. The molecule has 0 aliphatic rings. The number of nitrogen functional groups attached to an aromatic ring is 1. The first-order valence-corrected chi connectivity index (χ1v) is 9.06. The van der Waals surface area contributed by atoms with Crippen molar-refractivity contribution in [1.29, 1.82) is 0 Å². The number of fused-ring (bicyclic) bond motifs is 1. The number of anilines is 1. The molecule has 0 spiro atoms. The van der Waals surface area contributed by atoms with Crippen LogP contribution in [0.1, 0.15) is 6.92 Å². The molecule has 22 heavy (non-hydrogen) atoms. The highest BCUT2D eigenvalue weighted by atomic mass is 32.2. The van der Waals surface area contributed by atoms with Crippen LogP contribution < -0.4 is 10.5 Å². The summed E-state index contributed by atoms with van der Waals surface area (Å²) < 4.78 is 27.7. The molecule has 3 rings (SSSR count). The Balaban J connectivity index is 2.07. The number of sulfonamides is 1. The zero-order chi connectivity index (χ0) is 15.7. The van der Waals surface area contributed by atoms with E-state index in [0.29, 0.717) is 11.7 Å². The Hall–Kier alpha value is -1.96. The van der Waals surface area contributed by atoms with E-state index in [-0.39, 0.29) is 4.90 Å². The fraction of sp³-hybridized carbons (Fsp3) is 0.133. The van der Waals surface area contributed by atoms with Gasteiger partial charge in [-0.25, -0.2) is 18.1 Å². The van der Waals surface area contributed by atoms with E-state index >= 15 is 0 Å². The maximum Gasteiger partial charge on any atom is 0.240 e. The molecule has 1 aromatic heterocycles. The number of hydrogen-bond donors (Lipinski definition) is 2. The van der Waals surface area contributed by atoms with Gasteiger partial charge in [0.25, 0.3) is 0 Å². The van der Waals surface area contributed by atoms with Gasteiger partial charge in [0.15, 0.2) is 5.13 Å². The van der Waals surface area contributed by atoms with Crippen molar-refractivity contribution in [2.45, 2.75) is 11.8 Å². The van der Waals surface area contributed by atoms with E-state index in [0.717, 1.165) is 21.3 Å². The normalized spacial score (nSPS) is 11.9. The third-order valence-corrected chi connectivity index (χ3v) is 5.61. The SMILES string of the molecule is CCNS(=O)(=O)c1cccc(-c2ccc3nc(N)sc3c2)c1. The second-order valence-electron chi connectivity index (χ2n) is 4.76. The first-order chi connectivity index (χ1) is 10.5. The number of thiazole rings is 1. The molecule has 0 aliphatic heterocycles. The number of benzene rings is 2. The molecule has 0 atom stereocenters. The topological polar surface area (TPSA) is 85.1 Å². The molecule has 7 heteroatoms. The van der Waals surface area contributed by atoms with Crippen LogP contribution in [0.15, 0.2) is 47.4 Å². The van der Waals surface area contributed by atoms with Gasteiger partial charge in [0.2, 0.25) is 10.0 Å². The Kier molecular flexibility index (Phi) is 3.86. The van der Waals surface area contributed by atoms with Crippen molar-refractivity contribution >= 4 is 36.7 Å². The summed E-state index contributed by atoms with van der Waals surface area (Å²) >= 11 is 1.41. The molecule has 0 amide bonds. The summed E-state index contributed by atoms with van der Waals surface area (Å²) in [5.74, 6) is 0. The van der Waals surface area contributed by atoms with Gasteiger partial charge in [0.1, 0.15) is 0 Å². The van der Waals surface area contributed by atoms with Crippen molar-refractivity contribution in [2.24, 2.45) is 0 Å². The first kappa shape index (κ1) is 15.0. The summed E-state index contributed by atoms with van der Waals surface area (Å²) in [6.45, 7) is 2.11. The van der Waals surface area contributed by atoms with E-state index in [1.54, 1.807) is 25.1 Å². The van der Waals surface area contributed by atoms with E-state index in [9.17, 15) is 8.42 Å². The van der Waals surface area contributed by atoms with Gasteiger partial charge in [0.05, 0.1) is 15.1 Å². The van der Waals surface area contributed by atoms with E-state index in [4.69, 9.17) is 5.73 Å². The number of hydrogen-bond acceptors (Lipinski definition) is 5. The molecule has 3 N–H and O–H groups in total. The molecule has 0 aliphatic carbocycles. The van der Waals surface area contributed by atoms with Gasteiger partial charge in [-0.15, -0.1) is 0 Å². The molecular formula is C15H15N3O2S2.